The van der Waals surface area contributed by atoms with Gasteiger partial charge in [-0.05, 0) is 49.7 Å². The number of carbonyl (C=O) groups is 2. The van der Waals surface area contributed by atoms with Gasteiger partial charge < -0.3 is 15.2 Å². The quantitative estimate of drug-likeness (QED) is 0.318. The molecule has 2 aromatic carbocycles. The van der Waals surface area contributed by atoms with E-state index in [1.807, 2.05) is 54.8 Å². The smallest absolute Gasteiger partial charge is 0.251 e. The van der Waals surface area contributed by atoms with E-state index in [0.717, 1.165) is 15.7 Å². The van der Waals surface area contributed by atoms with Gasteiger partial charge in [0.1, 0.15) is 0 Å². The largest absolute Gasteiger partial charge is 0.342 e. The molecule has 0 aliphatic rings. The number of aromatic nitrogens is 3. The molecule has 0 aliphatic carbocycles. The van der Waals surface area contributed by atoms with Crippen molar-refractivity contribution in [2.45, 2.75) is 31.6 Å². The molecule has 0 saturated carbocycles. The summed E-state index contributed by atoms with van der Waals surface area (Å²) in [5.74, 6) is 0.446. The average molecular weight is 514 g/mol. The molecular formula is C23H24BrN5O2S. The number of hydrogen-bond donors (Lipinski definition) is 2. The van der Waals surface area contributed by atoms with E-state index >= 15 is 0 Å². The molecule has 0 bridgehead atoms. The van der Waals surface area contributed by atoms with Crippen LogP contribution in [0, 0.1) is 6.92 Å². The van der Waals surface area contributed by atoms with E-state index < -0.39 is 0 Å². The zero-order valence-electron chi connectivity index (χ0n) is 17.8. The van der Waals surface area contributed by atoms with Gasteiger partial charge in [-0.3, -0.25) is 9.59 Å². The number of nitrogens with zero attached hydrogens (tertiary/aromatic N) is 3. The predicted molar refractivity (Wildman–Crippen MR) is 131 cm³/mol. The maximum atomic E-state index is 12.5. The van der Waals surface area contributed by atoms with Crippen LogP contribution in [0.15, 0.2) is 70.8 Å². The van der Waals surface area contributed by atoms with Gasteiger partial charge in [-0.1, -0.05) is 52.0 Å². The second-order valence-corrected chi connectivity index (χ2v) is 8.96. The summed E-state index contributed by atoms with van der Waals surface area (Å²) >= 11 is 4.70. The van der Waals surface area contributed by atoms with Crippen LogP contribution in [0.5, 0.6) is 0 Å². The first-order chi connectivity index (χ1) is 15.4. The highest BCUT2D eigenvalue weighted by molar-refractivity contribution is 9.10. The highest BCUT2D eigenvalue weighted by atomic mass is 79.9. The number of rotatable bonds is 9. The van der Waals surface area contributed by atoms with Crippen LogP contribution in [-0.4, -0.2) is 32.3 Å². The summed E-state index contributed by atoms with van der Waals surface area (Å²) in [7, 11) is 0. The number of anilines is 1. The third kappa shape index (κ3) is 6.08. The van der Waals surface area contributed by atoms with E-state index in [1.54, 1.807) is 18.2 Å². The fourth-order valence-corrected chi connectivity index (χ4v) is 4.28. The molecule has 0 fully saturated rings. The second-order valence-electron chi connectivity index (χ2n) is 7.10. The molecule has 1 heterocycles. The van der Waals surface area contributed by atoms with Crippen molar-refractivity contribution in [3.05, 3.63) is 82.6 Å². The molecular weight excluding hydrogens is 490 g/mol. The van der Waals surface area contributed by atoms with Crippen LogP contribution in [0.1, 0.15) is 34.7 Å². The first-order valence-electron chi connectivity index (χ1n) is 9.97. The van der Waals surface area contributed by atoms with Gasteiger partial charge >= 0.3 is 0 Å². The van der Waals surface area contributed by atoms with E-state index in [4.69, 9.17) is 0 Å². The lowest BCUT2D eigenvalue weighted by Crippen LogP contribution is -2.28. The van der Waals surface area contributed by atoms with Crippen LogP contribution in [0.4, 0.5) is 5.69 Å². The number of aryl methyl sites for hydroxylation is 1. The Morgan fingerprint density at radius 2 is 1.97 bits per heavy atom. The molecule has 166 valence electrons. The predicted octanol–water partition coefficient (Wildman–Crippen LogP) is 4.76. The minimum Gasteiger partial charge on any atom is -0.342 e. The lowest BCUT2D eigenvalue weighted by molar-refractivity contribution is -0.113. The van der Waals surface area contributed by atoms with E-state index in [0.29, 0.717) is 23.1 Å². The third-order valence-electron chi connectivity index (χ3n) is 4.62. The van der Waals surface area contributed by atoms with Gasteiger partial charge in [-0.2, -0.15) is 0 Å². The Morgan fingerprint density at radius 1 is 1.22 bits per heavy atom. The minimum absolute atomic E-state index is 0.138. The number of amides is 2. The molecule has 7 nitrogen and oxygen atoms in total. The topological polar surface area (TPSA) is 88.9 Å². The van der Waals surface area contributed by atoms with Gasteiger partial charge in [0.25, 0.3) is 5.91 Å². The van der Waals surface area contributed by atoms with Crippen molar-refractivity contribution in [2.24, 2.45) is 0 Å². The zero-order valence-corrected chi connectivity index (χ0v) is 20.2. The van der Waals surface area contributed by atoms with E-state index in [1.165, 1.54) is 11.8 Å². The summed E-state index contributed by atoms with van der Waals surface area (Å²) in [5.41, 5.74) is 2.31. The van der Waals surface area contributed by atoms with Gasteiger partial charge in [0, 0.05) is 22.3 Å². The molecule has 9 heteroatoms. The molecule has 0 saturated heterocycles. The lowest BCUT2D eigenvalue weighted by Gasteiger charge is -2.15. The molecule has 3 rings (SSSR count). The Morgan fingerprint density at radius 3 is 2.66 bits per heavy atom. The Labute approximate surface area is 199 Å². The molecule has 0 spiro atoms. The molecule has 1 aromatic heterocycles. The van der Waals surface area contributed by atoms with Crippen LogP contribution < -0.4 is 10.6 Å². The van der Waals surface area contributed by atoms with Crippen molar-refractivity contribution in [2.75, 3.05) is 11.1 Å². The molecule has 0 aliphatic heterocycles. The number of hydrogen-bond acceptors (Lipinski definition) is 5. The van der Waals surface area contributed by atoms with Crippen LogP contribution in [0.3, 0.4) is 0 Å². The van der Waals surface area contributed by atoms with E-state index in [9.17, 15) is 9.59 Å². The maximum Gasteiger partial charge on any atom is 0.251 e. The summed E-state index contributed by atoms with van der Waals surface area (Å²) < 4.78 is 2.81. The van der Waals surface area contributed by atoms with Crippen molar-refractivity contribution in [3.63, 3.8) is 0 Å². The van der Waals surface area contributed by atoms with Crippen molar-refractivity contribution in [1.82, 2.24) is 20.1 Å². The van der Waals surface area contributed by atoms with Crippen LogP contribution in [0.2, 0.25) is 0 Å². The third-order valence-corrected chi connectivity index (χ3v) is 6.08. The number of allylic oxidation sites excluding steroid dienone is 1. The number of carbonyl (C=O) groups excluding carboxylic acids is 2. The van der Waals surface area contributed by atoms with Crippen molar-refractivity contribution in [3.8, 4) is 0 Å². The van der Waals surface area contributed by atoms with Crippen LogP contribution in [0.25, 0.3) is 0 Å². The average Bonchev–Trinajstić information content (AvgIpc) is 3.18. The Balaban J connectivity index is 1.66. The molecule has 0 unspecified atom stereocenters. The number of nitrogens with one attached hydrogen (secondary N) is 2. The SMILES string of the molecule is C=CCn1c(SCC(=O)Nc2ccc(Br)cc2C)nnc1[C@H](C)NC(=O)c1ccccc1. The Kier molecular flexibility index (Phi) is 8.24. The lowest BCUT2D eigenvalue weighted by atomic mass is 10.2. The Hall–Kier alpha value is -2.91. The zero-order chi connectivity index (χ0) is 23.1. The normalized spacial score (nSPS) is 11.6. The summed E-state index contributed by atoms with van der Waals surface area (Å²) in [6, 6.07) is 14.3. The monoisotopic (exact) mass is 513 g/mol. The van der Waals surface area contributed by atoms with Crippen molar-refractivity contribution in [1.29, 1.82) is 0 Å². The second kappa shape index (κ2) is 11.1. The van der Waals surface area contributed by atoms with E-state index in [-0.39, 0.29) is 23.6 Å². The highest BCUT2D eigenvalue weighted by Crippen LogP contribution is 2.23. The Bertz CT molecular complexity index is 1120. The van der Waals surface area contributed by atoms with Gasteiger partial charge in [-0.25, -0.2) is 0 Å². The maximum absolute atomic E-state index is 12.5. The summed E-state index contributed by atoms with van der Waals surface area (Å²) in [6.45, 7) is 8.04. The summed E-state index contributed by atoms with van der Waals surface area (Å²) in [4.78, 5) is 24.9. The van der Waals surface area contributed by atoms with Crippen LogP contribution in [-0.2, 0) is 11.3 Å². The molecule has 1 atom stereocenters. The highest BCUT2D eigenvalue weighted by Gasteiger charge is 2.20. The van der Waals surface area contributed by atoms with Crippen molar-refractivity contribution >= 4 is 45.2 Å². The first-order valence-corrected chi connectivity index (χ1v) is 11.8. The number of benzene rings is 2. The molecule has 2 N–H and O–H groups in total. The molecule has 2 amide bonds. The number of thioether (sulfide) groups is 1. The minimum atomic E-state index is -0.372. The first kappa shape index (κ1) is 23.7. The summed E-state index contributed by atoms with van der Waals surface area (Å²) in [5, 5.41) is 14.9. The van der Waals surface area contributed by atoms with E-state index in [2.05, 4.69) is 43.3 Å². The standard InChI is InChI=1S/C23H24BrN5O2S/c1-4-12-29-21(16(3)25-22(31)17-8-6-5-7-9-17)27-28-23(29)32-14-20(30)26-19-11-10-18(24)13-15(19)2/h4-11,13,16H,1,12,14H2,2-3H3,(H,25,31)(H,26,30)/t16-/m0/s1. The molecule has 0 radical (unpaired) electrons. The van der Waals surface area contributed by atoms with Gasteiger partial charge in [0.05, 0.1) is 11.8 Å². The summed E-state index contributed by atoms with van der Waals surface area (Å²) in [6.07, 6.45) is 1.73. The van der Waals surface area contributed by atoms with Crippen LogP contribution >= 0.6 is 27.7 Å². The van der Waals surface area contributed by atoms with Crippen molar-refractivity contribution < 1.29 is 9.59 Å². The fraction of sp³-hybridized carbons (Fsp3) is 0.217. The molecule has 3 aromatic rings. The van der Waals surface area contributed by atoms with Gasteiger partial charge in [0.2, 0.25) is 5.91 Å². The number of halogens is 1. The van der Waals surface area contributed by atoms with Gasteiger partial charge in [-0.15, -0.1) is 16.8 Å². The van der Waals surface area contributed by atoms with Gasteiger partial charge in [0.15, 0.2) is 11.0 Å². The molecule has 32 heavy (non-hydrogen) atoms. The fourth-order valence-electron chi connectivity index (χ4n) is 3.05.